The number of hydrogen-bond donors (Lipinski definition) is 2. The maximum atomic E-state index is 12.9. The van der Waals surface area contributed by atoms with Gasteiger partial charge in [0, 0.05) is 21.4 Å². The number of amides is 1. The summed E-state index contributed by atoms with van der Waals surface area (Å²) in [5.41, 5.74) is 2.61. The van der Waals surface area contributed by atoms with Gasteiger partial charge in [0.05, 0.1) is 23.9 Å². The second-order valence-corrected chi connectivity index (χ2v) is 7.48. The predicted molar refractivity (Wildman–Crippen MR) is 116 cm³/mol. The van der Waals surface area contributed by atoms with E-state index in [9.17, 15) is 9.90 Å². The van der Waals surface area contributed by atoms with Gasteiger partial charge >= 0.3 is 0 Å². The number of nitrogens with one attached hydrogen (secondary N) is 1. The van der Waals surface area contributed by atoms with Crippen LogP contribution in [0.3, 0.4) is 0 Å². The maximum absolute atomic E-state index is 12.9. The maximum Gasteiger partial charge on any atom is 0.259 e. The van der Waals surface area contributed by atoms with E-state index in [1.165, 1.54) is 0 Å². The van der Waals surface area contributed by atoms with Crippen LogP contribution in [0.25, 0.3) is 0 Å². The molecule has 4 rings (SSSR count). The standard InChI is InChI=1S/C22H18Cl2N2O3/c23-14-4-8-16(9-5-14)25-22(28)19-2-1-3-20-21(19)29-13-18(12-27)26(20)17-10-6-15(24)7-11-17/h1-11,18,27H,12-13H2,(H,25,28). The van der Waals surface area contributed by atoms with Gasteiger partial charge in [-0.2, -0.15) is 0 Å². The minimum absolute atomic E-state index is 0.0940. The van der Waals surface area contributed by atoms with E-state index in [0.29, 0.717) is 32.7 Å². The van der Waals surface area contributed by atoms with Gasteiger partial charge in [0.1, 0.15) is 6.61 Å². The van der Waals surface area contributed by atoms with Crippen molar-refractivity contribution in [3.05, 3.63) is 82.3 Å². The third-order valence-electron chi connectivity index (χ3n) is 4.70. The molecule has 148 valence electrons. The first-order valence-corrected chi connectivity index (χ1v) is 9.81. The Kier molecular flexibility index (Phi) is 5.62. The Morgan fingerprint density at radius 1 is 1.03 bits per heavy atom. The Hall–Kier alpha value is -2.73. The molecule has 29 heavy (non-hydrogen) atoms. The van der Waals surface area contributed by atoms with Crippen LogP contribution in [0, 0.1) is 0 Å². The lowest BCUT2D eigenvalue weighted by Crippen LogP contribution is -2.43. The van der Waals surface area contributed by atoms with E-state index in [0.717, 1.165) is 5.69 Å². The molecule has 0 aromatic heterocycles. The van der Waals surface area contributed by atoms with E-state index in [2.05, 4.69) is 5.32 Å². The molecule has 5 nitrogen and oxygen atoms in total. The number of rotatable bonds is 4. The number of ether oxygens (including phenoxy) is 1. The first-order chi connectivity index (χ1) is 14.1. The summed E-state index contributed by atoms with van der Waals surface area (Å²) < 4.78 is 5.90. The zero-order chi connectivity index (χ0) is 20.4. The van der Waals surface area contributed by atoms with Crippen LogP contribution in [0.4, 0.5) is 17.1 Å². The highest BCUT2D eigenvalue weighted by Gasteiger charge is 2.31. The van der Waals surface area contributed by atoms with E-state index < -0.39 is 0 Å². The molecule has 1 amide bonds. The minimum Gasteiger partial charge on any atom is -0.488 e. The van der Waals surface area contributed by atoms with Crippen LogP contribution in [0.5, 0.6) is 5.75 Å². The molecule has 1 atom stereocenters. The largest absolute Gasteiger partial charge is 0.488 e. The highest BCUT2D eigenvalue weighted by molar-refractivity contribution is 6.31. The van der Waals surface area contributed by atoms with Gasteiger partial charge in [0.2, 0.25) is 0 Å². The van der Waals surface area contributed by atoms with E-state index in [1.807, 2.05) is 23.1 Å². The van der Waals surface area contributed by atoms with Crippen molar-refractivity contribution in [2.75, 3.05) is 23.4 Å². The Balaban J connectivity index is 1.70. The monoisotopic (exact) mass is 428 g/mol. The van der Waals surface area contributed by atoms with E-state index in [1.54, 1.807) is 48.5 Å². The molecule has 0 bridgehead atoms. The van der Waals surface area contributed by atoms with Crippen LogP contribution in [0.2, 0.25) is 10.0 Å². The Morgan fingerprint density at radius 3 is 2.34 bits per heavy atom. The third kappa shape index (κ3) is 4.03. The highest BCUT2D eigenvalue weighted by Crippen LogP contribution is 2.41. The average molecular weight is 429 g/mol. The summed E-state index contributed by atoms with van der Waals surface area (Å²) in [6, 6.07) is 19.3. The van der Waals surface area contributed by atoms with Crippen molar-refractivity contribution in [1.29, 1.82) is 0 Å². The van der Waals surface area contributed by atoms with Gasteiger partial charge in [-0.1, -0.05) is 29.3 Å². The summed E-state index contributed by atoms with van der Waals surface area (Å²) in [4.78, 5) is 14.9. The normalized spacial score (nSPS) is 15.4. The number of benzene rings is 3. The number of aliphatic hydroxyl groups is 1. The van der Waals surface area contributed by atoms with Crippen molar-refractivity contribution in [1.82, 2.24) is 0 Å². The minimum atomic E-state index is -0.289. The van der Waals surface area contributed by atoms with Crippen LogP contribution in [-0.2, 0) is 0 Å². The Morgan fingerprint density at radius 2 is 1.69 bits per heavy atom. The smallest absolute Gasteiger partial charge is 0.259 e. The lowest BCUT2D eigenvalue weighted by atomic mass is 10.1. The average Bonchev–Trinajstić information content (AvgIpc) is 2.74. The summed E-state index contributed by atoms with van der Waals surface area (Å²) in [7, 11) is 0. The molecule has 0 saturated carbocycles. The third-order valence-corrected chi connectivity index (χ3v) is 5.21. The fraction of sp³-hybridized carbons (Fsp3) is 0.136. The highest BCUT2D eigenvalue weighted by atomic mass is 35.5. The molecule has 2 N–H and O–H groups in total. The van der Waals surface area contributed by atoms with Gasteiger partial charge in [-0.15, -0.1) is 0 Å². The van der Waals surface area contributed by atoms with Crippen molar-refractivity contribution in [3.8, 4) is 5.75 Å². The number of nitrogens with zero attached hydrogens (tertiary/aromatic N) is 1. The number of carbonyl (C=O) groups is 1. The van der Waals surface area contributed by atoms with Gasteiger partial charge in [-0.3, -0.25) is 4.79 Å². The SMILES string of the molecule is O=C(Nc1ccc(Cl)cc1)c1cccc2c1OCC(CO)N2c1ccc(Cl)cc1. The summed E-state index contributed by atoms with van der Waals surface area (Å²) in [5.74, 6) is 0.182. The number of para-hydroxylation sites is 1. The number of fused-ring (bicyclic) bond motifs is 1. The summed E-state index contributed by atoms with van der Waals surface area (Å²) in [6.45, 7) is 0.153. The second kappa shape index (κ2) is 8.33. The van der Waals surface area contributed by atoms with Crippen LogP contribution in [0.15, 0.2) is 66.7 Å². The van der Waals surface area contributed by atoms with Gasteiger partial charge in [-0.25, -0.2) is 0 Å². The van der Waals surface area contributed by atoms with Crippen LogP contribution in [0.1, 0.15) is 10.4 Å². The molecular formula is C22H18Cl2N2O3. The zero-order valence-corrected chi connectivity index (χ0v) is 16.8. The quantitative estimate of drug-likeness (QED) is 0.603. The number of anilines is 3. The molecule has 0 spiro atoms. The molecule has 0 fully saturated rings. The summed E-state index contributed by atoms with van der Waals surface area (Å²) >= 11 is 11.9. The van der Waals surface area contributed by atoms with Crippen LogP contribution >= 0.6 is 23.2 Å². The van der Waals surface area contributed by atoms with Crippen molar-refractivity contribution in [3.63, 3.8) is 0 Å². The first-order valence-electron chi connectivity index (χ1n) is 9.05. The summed E-state index contributed by atoms with van der Waals surface area (Å²) in [6.07, 6.45) is 0. The molecule has 1 unspecified atom stereocenters. The fourth-order valence-corrected chi connectivity index (χ4v) is 3.57. The molecule has 7 heteroatoms. The number of hydrogen-bond acceptors (Lipinski definition) is 4. The number of carbonyl (C=O) groups excluding carboxylic acids is 1. The molecule has 1 aliphatic rings. The van der Waals surface area contributed by atoms with Gasteiger partial charge in [-0.05, 0) is 60.7 Å². The van der Waals surface area contributed by atoms with Gasteiger partial charge < -0.3 is 20.1 Å². The van der Waals surface area contributed by atoms with Gasteiger partial charge in [0.15, 0.2) is 5.75 Å². The lowest BCUT2D eigenvalue weighted by molar-refractivity contribution is 0.102. The van der Waals surface area contributed by atoms with Crippen LogP contribution < -0.4 is 15.0 Å². The molecule has 3 aromatic carbocycles. The zero-order valence-electron chi connectivity index (χ0n) is 15.3. The molecular weight excluding hydrogens is 411 g/mol. The molecule has 1 aliphatic heterocycles. The van der Waals surface area contributed by atoms with E-state index in [-0.39, 0.29) is 25.2 Å². The van der Waals surface area contributed by atoms with Crippen molar-refractivity contribution in [2.45, 2.75) is 6.04 Å². The predicted octanol–water partition coefficient (Wildman–Crippen LogP) is 5.14. The molecule has 0 radical (unpaired) electrons. The first kappa shape index (κ1) is 19.6. The lowest BCUT2D eigenvalue weighted by Gasteiger charge is -2.38. The fourth-order valence-electron chi connectivity index (χ4n) is 3.31. The topological polar surface area (TPSA) is 61.8 Å². The Bertz CT molecular complexity index is 1020. The van der Waals surface area contributed by atoms with E-state index >= 15 is 0 Å². The molecule has 0 saturated heterocycles. The molecule has 0 aliphatic carbocycles. The van der Waals surface area contributed by atoms with Crippen LogP contribution in [-0.4, -0.2) is 30.3 Å². The number of aliphatic hydroxyl groups excluding tert-OH is 1. The second-order valence-electron chi connectivity index (χ2n) is 6.61. The van der Waals surface area contributed by atoms with E-state index in [4.69, 9.17) is 27.9 Å². The van der Waals surface area contributed by atoms with Crippen molar-refractivity contribution >= 4 is 46.2 Å². The molecule has 3 aromatic rings. The summed E-state index contributed by atoms with van der Waals surface area (Å²) in [5, 5.41) is 13.9. The number of halogens is 2. The van der Waals surface area contributed by atoms with Gasteiger partial charge in [0.25, 0.3) is 5.91 Å². The van der Waals surface area contributed by atoms with Crippen molar-refractivity contribution in [2.24, 2.45) is 0 Å². The van der Waals surface area contributed by atoms with Crippen molar-refractivity contribution < 1.29 is 14.6 Å². The molecule has 1 heterocycles. The Labute approximate surface area is 178 Å².